The number of anilines is 1. The molecule has 0 radical (unpaired) electrons. The number of amides is 1. The third-order valence-corrected chi connectivity index (χ3v) is 6.00. The summed E-state index contributed by atoms with van der Waals surface area (Å²) in [6.07, 6.45) is 8.13. The summed E-state index contributed by atoms with van der Waals surface area (Å²) in [5.74, 6) is 0.370. The molecule has 1 aliphatic rings. The van der Waals surface area contributed by atoms with Crippen molar-refractivity contribution in [2.24, 2.45) is 0 Å². The molecule has 28 heavy (non-hydrogen) atoms. The number of aryl methyl sites for hydroxylation is 1. The molecule has 3 aromatic heterocycles. The molecule has 0 spiro atoms. The van der Waals surface area contributed by atoms with Gasteiger partial charge in [-0.3, -0.25) is 10.1 Å². The maximum atomic E-state index is 12.7. The van der Waals surface area contributed by atoms with Crippen LogP contribution in [0.2, 0.25) is 0 Å². The van der Waals surface area contributed by atoms with Crippen molar-refractivity contribution in [3.63, 3.8) is 0 Å². The van der Waals surface area contributed by atoms with Crippen LogP contribution in [0.1, 0.15) is 41.0 Å². The molecule has 0 bridgehead atoms. The molecule has 0 unspecified atom stereocenters. The standard InChI is InChI=1S/C20H20N4O2S2/c1-13-12-22-20(27-13)24-19(25)16-10-15(26-14-6-2-3-7-14)11-18(23-16)28-17-8-4-5-9-21-17/h4-5,8-12,14H,2-3,6-7H2,1H3,(H,22,24,25). The molecular formula is C20H20N4O2S2. The van der Waals surface area contributed by atoms with Crippen LogP contribution in [0, 0.1) is 6.92 Å². The van der Waals surface area contributed by atoms with Crippen molar-refractivity contribution >= 4 is 34.1 Å². The second-order valence-electron chi connectivity index (χ2n) is 6.55. The number of nitrogens with zero attached hydrogens (tertiary/aromatic N) is 3. The molecule has 1 N–H and O–H groups in total. The molecule has 6 nitrogen and oxygen atoms in total. The Balaban J connectivity index is 1.59. The largest absolute Gasteiger partial charge is 0.490 e. The van der Waals surface area contributed by atoms with E-state index in [0.29, 0.717) is 21.6 Å². The first-order valence-corrected chi connectivity index (χ1v) is 10.8. The van der Waals surface area contributed by atoms with Gasteiger partial charge in [0.15, 0.2) is 5.13 Å². The van der Waals surface area contributed by atoms with E-state index in [9.17, 15) is 4.79 Å². The Morgan fingerprint density at radius 1 is 1.21 bits per heavy atom. The van der Waals surface area contributed by atoms with Gasteiger partial charge in [-0.05, 0) is 56.5 Å². The number of carbonyl (C=O) groups excluding carboxylic acids is 1. The van der Waals surface area contributed by atoms with Crippen LogP contribution in [0.25, 0.3) is 0 Å². The van der Waals surface area contributed by atoms with Gasteiger partial charge in [0, 0.05) is 29.4 Å². The van der Waals surface area contributed by atoms with Crippen molar-refractivity contribution in [3.8, 4) is 5.75 Å². The van der Waals surface area contributed by atoms with Crippen LogP contribution >= 0.6 is 23.1 Å². The molecule has 0 atom stereocenters. The summed E-state index contributed by atoms with van der Waals surface area (Å²) in [6.45, 7) is 1.95. The van der Waals surface area contributed by atoms with E-state index in [0.717, 1.165) is 22.7 Å². The van der Waals surface area contributed by atoms with Crippen molar-refractivity contribution in [1.29, 1.82) is 0 Å². The van der Waals surface area contributed by atoms with Crippen LogP contribution in [-0.4, -0.2) is 27.0 Å². The number of ether oxygens (including phenoxy) is 1. The fourth-order valence-corrected chi connectivity index (χ4v) is 4.46. The normalized spacial score (nSPS) is 14.2. The molecule has 0 aliphatic heterocycles. The first-order valence-electron chi connectivity index (χ1n) is 9.17. The number of nitrogens with one attached hydrogen (secondary N) is 1. The lowest BCUT2D eigenvalue weighted by Gasteiger charge is -2.14. The van der Waals surface area contributed by atoms with Crippen LogP contribution in [0.4, 0.5) is 5.13 Å². The van der Waals surface area contributed by atoms with Gasteiger partial charge in [-0.1, -0.05) is 6.07 Å². The smallest absolute Gasteiger partial charge is 0.276 e. The molecule has 1 aliphatic carbocycles. The summed E-state index contributed by atoms with van der Waals surface area (Å²) < 4.78 is 6.13. The quantitative estimate of drug-likeness (QED) is 0.616. The topological polar surface area (TPSA) is 77.0 Å². The van der Waals surface area contributed by atoms with Gasteiger partial charge in [0.2, 0.25) is 0 Å². The Morgan fingerprint density at radius 2 is 2.07 bits per heavy atom. The highest BCUT2D eigenvalue weighted by molar-refractivity contribution is 7.99. The van der Waals surface area contributed by atoms with Crippen molar-refractivity contribution < 1.29 is 9.53 Å². The molecule has 1 saturated carbocycles. The number of carbonyl (C=O) groups is 1. The third-order valence-electron chi connectivity index (χ3n) is 4.30. The summed E-state index contributed by atoms with van der Waals surface area (Å²) in [6, 6.07) is 9.28. The highest BCUT2D eigenvalue weighted by Crippen LogP contribution is 2.30. The minimum atomic E-state index is -0.297. The number of aromatic nitrogens is 3. The molecule has 1 fully saturated rings. The molecule has 1 amide bonds. The second-order valence-corrected chi connectivity index (χ2v) is 8.83. The van der Waals surface area contributed by atoms with Gasteiger partial charge in [-0.15, -0.1) is 11.3 Å². The summed E-state index contributed by atoms with van der Waals surface area (Å²) >= 11 is 2.84. The van der Waals surface area contributed by atoms with Crippen molar-refractivity contribution in [3.05, 3.63) is 53.3 Å². The first kappa shape index (κ1) is 18.9. The Bertz CT molecular complexity index is 956. The third kappa shape index (κ3) is 4.88. The molecule has 3 aromatic rings. The number of rotatable bonds is 6. The van der Waals surface area contributed by atoms with Crippen molar-refractivity contribution in [2.75, 3.05) is 5.32 Å². The van der Waals surface area contributed by atoms with Crippen LogP contribution in [0.15, 0.2) is 52.8 Å². The van der Waals surface area contributed by atoms with Crippen LogP contribution in [-0.2, 0) is 0 Å². The van der Waals surface area contributed by atoms with E-state index < -0.39 is 0 Å². The van der Waals surface area contributed by atoms with Gasteiger partial charge in [0.1, 0.15) is 21.5 Å². The minimum Gasteiger partial charge on any atom is -0.490 e. The molecule has 144 valence electrons. The van der Waals surface area contributed by atoms with Gasteiger partial charge in [-0.2, -0.15) is 0 Å². The van der Waals surface area contributed by atoms with Crippen molar-refractivity contribution in [2.45, 2.75) is 48.8 Å². The summed E-state index contributed by atoms with van der Waals surface area (Å²) in [5.41, 5.74) is 0.307. The zero-order chi connectivity index (χ0) is 19.3. The van der Waals surface area contributed by atoms with E-state index >= 15 is 0 Å². The lowest BCUT2D eigenvalue weighted by Crippen LogP contribution is -2.16. The Kier molecular flexibility index (Phi) is 5.87. The fourth-order valence-electron chi connectivity index (χ4n) is 3.00. The average molecular weight is 413 g/mol. The monoisotopic (exact) mass is 412 g/mol. The van der Waals surface area contributed by atoms with Gasteiger partial charge in [0.05, 0.1) is 6.10 Å². The molecule has 0 aromatic carbocycles. The molecular weight excluding hydrogens is 392 g/mol. The summed E-state index contributed by atoms with van der Waals surface area (Å²) in [5, 5.41) is 4.87. The Labute approximate surface area is 171 Å². The van der Waals surface area contributed by atoms with Crippen LogP contribution in [0.5, 0.6) is 5.75 Å². The zero-order valence-electron chi connectivity index (χ0n) is 15.4. The lowest BCUT2D eigenvalue weighted by atomic mass is 10.3. The Hall–Kier alpha value is -2.45. The fraction of sp³-hybridized carbons (Fsp3) is 0.300. The predicted octanol–water partition coefficient (Wildman–Crippen LogP) is 4.97. The second kappa shape index (κ2) is 8.70. The lowest BCUT2D eigenvalue weighted by molar-refractivity contribution is 0.102. The van der Waals surface area contributed by atoms with E-state index in [-0.39, 0.29) is 12.0 Å². The SMILES string of the molecule is Cc1cnc(NC(=O)c2cc(OC3CCCC3)cc(Sc3ccccn3)n2)s1. The molecule has 3 heterocycles. The van der Waals surface area contributed by atoms with E-state index in [1.807, 2.05) is 31.2 Å². The number of pyridine rings is 2. The maximum absolute atomic E-state index is 12.7. The minimum absolute atomic E-state index is 0.202. The summed E-state index contributed by atoms with van der Waals surface area (Å²) in [7, 11) is 0. The van der Waals surface area contributed by atoms with Crippen LogP contribution < -0.4 is 10.1 Å². The molecule has 8 heteroatoms. The highest BCUT2D eigenvalue weighted by Gasteiger charge is 2.19. The first-order chi connectivity index (χ1) is 13.7. The summed E-state index contributed by atoms with van der Waals surface area (Å²) in [4.78, 5) is 26.8. The van der Waals surface area contributed by atoms with Gasteiger partial charge >= 0.3 is 0 Å². The van der Waals surface area contributed by atoms with Gasteiger partial charge < -0.3 is 4.74 Å². The van der Waals surface area contributed by atoms with Gasteiger partial charge in [0.25, 0.3) is 5.91 Å². The number of hydrogen-bond donors (Lipinski definition) is 1. The maximum Gasteiger partial charge on any atom is 0.276 e. The number of thiazole rings is 1. The highest BCUT2D eigenvalue weighted by atomic mass is 32.2. The van der Waals surface area contributed by atoms with E-state index in [4.69, 9.17) is 4.74 Å². The van der Waals surface area contributed by atoms with Crippen molar-refractivity contribution in [1.82, 2.24) is 15.0 Å². The van der Waals surface area contributed by atoms with E-state index in [2.05, 4.69) is 20.3 Å². The van der Waals surface area contributed by atoms with E-state index in [1.54, 1.807) is 18.5 Å². The van der Waals surface area contributed by atoms with Gasteiger partial charge in [-0.25, -0.2) is 15.0 Å². The number of hydrogen-bond acceptors (Lipinski definition) is 7. The predicted molar refractivity (Wildman–Crippen MR) is 110 cm³/mol. The average Bonchev–Trinajstić information content (AvgIpc) is 3.34. The Morgan fingerprint density at radius 3 is 2.79 bits per heavy atom. The van der Waals surface area contributed by atoms with Crippen LogP contribution in [0.3, 0.4) is 0 Å². The van der Waals surface area contributed by atoms with E-state index in [1.165, 1.54) is 35.9 Å². The zero-order valence-corrected chi connectivity index (χ0v) is 17.1. The molecule has 0 saturated heterocycles. The molecule has 4 rings (SSSR count).